The number of carbonyl (C=O) groups is 1. The number of nitriles is 1. The smallest absolute Gasteiger partial charge is 0.217 e. The Labute approximate surface area is 131 Å². The van der Waals surface area contributed by atoms with E-state index in [9.17, 15) is 10.1 Å². The maximum Gasteiger partial charge on any atom is 0.217 e. The zero-order chi connectivity index (χ0) is 15.9. The third-order valence-corrected chi connectivity index (χ3v) is 3.81. The van der Waals surface area contributed by atoms with Crippen LogP contribution in [0.2, 0.25) is 0 Å². The first-order valence-electron chi connectivity index (χ1n) is 7.67. The average Bonchev–Trinajstić information content (AvgIpc) is 2.53. The summed E-state index contributed by atoms with van der Waals surface area (Å²) in [5.41, 5.74) is 2.08. The molecule has 4 heteroatoms. The zero-order valence-electron chi connectivity index (χ0n) is 13.1. The molecule has 0 bridgehead atoms. The molecule has 1 aliphatic rings. The normalized spacial score (nSPS) is 22.3. The van der Waals surface area contributed by atoms with Crippen LogP contribution in [0.4, 0.5) is 0 Å². The summed E-state index contributed by atoms with van der Waals surface area (Å²) in [6.45, 7) is 4.08. The third kappa shape index (κ3) is 4.19. The summed E-state index contributed by atoms with van der Waals surface area (Å²) in [7, 11) is 0. The summed E-state index contributed by atoms with van der Waals surface area (Å²) < 4.78 is 5.70. The molecule has 0 aromatic heterocycles. The molecule has 0 heterocycles. The van der Waals surface area contributed by atoms with E-state index in [4.69, 9.17) is 4.74 Å². The number of benzene rings is 1. The number of hydrogen-bond donors (Lipinski definition) is 1. The van der Waals surface area contributed by atoms with E-state index in [-0.39, 0.29) is 24.0 Å². The zero-order valence-corrected chi connectivity index (χ0v) is 13.1. The summed E-state index contributed by atoms with van der Waals surface area (Å²) in [6.07, 6.45) is 3.40. The van der Waals surface area contributed by atoms with Crippen molar-refractivity contribution in [1.82, 2.24) is 5.32 Å². The van der Waals surface area contributed by atoms with E-state index in [1.165, 1.54) is 6.92 Å². The van der Waals surface area contributed by atoms with Gasteiger partial charge in [0.05, 0.1) is 24.1 Å². The number of nitrogens with zero attached hydrogens (tertiary/aromatic N) is 1. The molecule has 1 aromatic rings. The van der Waals surface area contributed by atoms with Gasteiger partial charge in [-0.25, -0.2) is 0 Å². The molecule has 0 fully saturated rings. The number of hydrogen-bond acceptors (Lipinski definition) is 3. The van der Waals surface area contributed by atoms with Crippen molar-refractivity contribution < 1.29 is 9.53 Å². The summed E-state index contributed by atoms with van der Waals surface area (Å²) in [6, 6.07) is 12.0. The Hall–Kier alpha value is -2.12. The van der Waals surface area contributed by atoms with Crippen molar-refractivity contribution in [3.05, 3.63) is 47.5 Å². The van der Waals surface area contributed by atoms with E-state index in [0.717, 1.165) is 17.6 Å². The number of amides is 1. The second-order valence-electron chi connectivity index (χ2n) is 5.55. The Morgan fingerprint density at radius 1 is 1.45 bits per heavy atom. The van der Waals surface area contributed by atoms with Crippen LogP contribution in [0, 0.1) is 17.2 Å². The predicted octanol–water partition coefficient (Wildman–Crippen LogP) is 3.13. The molecule has 116 valence electrons. The van der Waals surface area contributed by atoms with E-state index in [1.807, 2.05) is 37.3 Å². The summed E-state index contributed by atoms with van der Waals surface area (Å²) >= 11 is 0. The van der Waals surface area contributed by atoms with Gasteiger partial charge >= 0.3 is 0 Å². The van der Waals surface area contributed by atoms with Crippen LogP contribution in [0.15, 0.2) is 42.0 Å². The SMILES string of the molecule is CCO[C@@H]1C=C([C@@H](NC(C)=O)c2ccccc2)C[C@@H](C#N)C1. The number of ether oxygens (including phenoxy) is 1. The molecule has 1 aromatic carbocycles. The molecule has 0 saturated carbocycles. The summed E-state index contributed by atoms with van der Waals surface area (Å²) in [5.74, 6) is -0.154. The Bertz CT molecular complexity index is 574. The van der Waals surface area contributed by atoms with Crippen molar-refractivity contribution in [2.75, 3.05) is 6.61 Å². The molecule has 1 amide bonds. The highest BCUT2D eigenvalue weighted by Crippen LogP contribution is 2.33. The van der Waals surface area contributed by atoms with E-state index in [0.29, 0.717) is 13.0 Å². The first-order valence-corrected chi connectivity index (χ1v) is 7.67. The van der Waals surface area contributed by atoms with Crippen LogP contribution >= 0.6 is 0 Å². The van der Waals surface area contributed by atoms with Gasteiger partial charge in [0, 0.05) is 13.5 Å². The lowest BCUT2D eigenvalue weighted by Crippen LogP contribution is -2.31. The monoisotopic (exact) mass is 298 g/mol. The Kier molecular flexibility index (Phi) is 5.74. The average molecular weight is 298 g/mol. The molecule has 0 aliphatic heterocycles. The van der Waals surface area contributed by atoms with E-state index >= 15 is 0 Å². The number of carbonyl (C=O) groups excluding carboxylic acids is 1. The quantitative estimate of drug-likeness (QED) is 0.849. The fourth-order valence-electron chi connectivity index (χ4n) is 2.90. The first-order chi connectivity index (χ1) is 10.6. The van der Waals surface area contributed by atoms with Crippen molar-refractivity contribution in [2.45, 2.75) is 38.8 Å². The van der Waals surface area contributed by atoms with Crippen molar-refractivity contribution in [3.63, 3.8) is 0 Å². The van der Waals surface area contributed by atoms with Crippen LogP contribution in [-0.4, -0.2) is 18.6 Å². The fourth-order valence-corrected chi connectivity index (χ4v) is 2.90. The topological polar surface area (TPSA) is 62.1 Å². The molecule has 22 heavy (non-hydrogen) atoms. The predicted molar refractivity (Wildman–Crippen MR) is 84.8 cm³/mol. The van der Waals surface area contributed by atoms with Gasteiger partial charge in [-0.15, -0.1) is 0 Å². The molecule has 4 nitrogen and oxygen atoms in total. The van der Waals surface area contributed by atoms with Gasteiger partial charge in [-0.3, -0.25) is 4.79 Å². The van der Waals surface area contributed by atoms with Gasteiger partial charge in [-0.05, 0) is 30.9 Å². The molecule has 0 radical (unpaired) electrons. The van der Waals surface area contributed by atoms with Gasteiger partial charge in [0.15, 0.2) is 0 Å². The minimum Gasteiger partial charge on any atom is -0.374 e. The van der Waals surface area contributed by atoms with Crippen LogP contribution in [0.1, 0.15) is 38.3 Å². The highest BCUT2D eigenvalue weighted by molar-refractivity contribution is 5.74. The minimum atomic E-state index is -0.196. The van der Waals surface area contributed by atoms with Crippen LogP contribution in [0.5, 0.6) is 0 Å². The molecule has 0 saturated heterocycles. The van der Waals surface area contributed by atoms with Crippen LogP contribution in [0.25, 0.3) is 0 Å². The number of rotatable bonds is 5. The molecule has 1 aliphatic carbocycles. The molecular weight excluding hydrogens is 276 g/mol. The fraction of sp³-hybridized carbons (Fsp3) is 0.444. The Morgan fingerprint density at radius 2 is 2.18 bits per heavy atom. The van der Waals surface area contributed by atoms with Crippen molar-refractivity contribution in [1.29, 1.82) is 5.26 Å². The molecule has 1 N–H and O–H groups in total. The lowest BCUT2D eigenvalue weighted by Gasteiger charge is -2.30. The maximum atomic E-state index is 11.6. The Morgan fingerprint density at radius 3 is 2.77 bits per heavy atom. The second-order valence-corrected chi connectivity index (χ2v) is 5.55. The van der Waals surface area contributed by atoms with Gasteiger partial charge in [-0.2, -0.15) is 5.26 Å². The highest BCUT2D eigenvalue weighted by Gasteiger charge is 2.28. The molecular formula is C18H22N2O2. The van der Waals surface area contributed by atoms with E-state index in [2.05, 4.69) is 17.5 Å². The Balaban J connectivity index is 2.32. The standard InChI is InChI=1S/C18H22N2O2/c1-3-22-17-10-14(12-19)9-16(11-17)18(20-13(2)21)15-7-5-4-6-8-15/h4-8,11,14,17-18H,3,9-10H2,1-2H3,(H,20,21)/t14-,17+,18+/m1/s1. The molecule has 0 unspecified atom stereocenters. The lowest BCUT2D eigenvalue weighted by atomic mass is 9.83. The number of nitrogens with one attached hydrogen (secondary N) is 1. The lowest BCUT2D eigenvalue weighted by molar-refractivity contribution is -0.119. The van der Waals surface area contributed by atoms with Crippen LogP contribution in [0.3, 0.4) is 0 Å². The minimum absolute atomic E-state index is 0.0571. The van der Waals surface area contributed by atoms with Crippen LogP contribution in [-0.2, 0) is 9.53 Å². The van der Waals surface area contributed by atoms with Crippen molar-refractivity contribution in [2.24, 2.45) is 5.92 Å². The highest BCUT2D eigenvalue weighted by atomic mass is 16.5. The largest absolute Gasteiger partial charge is 0.374 e. The van der Waals surface area contributed by atoms with E-state index in [1.54, 1.807) is 0 Å². The van der Waals surface area contributed by atoms with E-state index < -0.39 is 0 Å². The van der Waals surface area contributed by atoms with Gasteiger partial charge in [0.2, 0.25) is 5.91 Å². The van der Waals surface area contributed by atoms with Gasteiger partial charge in [0.25, 0.3) is 0 Å². The van der Waals surface area contributed by atoms with Crippen molar-refractivity contribution in [3.8, 4) is 6.07 Å². The molecule has 0 spiro atoms. The van der Waals surface area contributed by atoms with Crippen molar-refractivity contribution >= 4 is 5.91 Å². The van der Waals surface area contributed by atoms with Gasteiger partial charge in [0.1, 0.15) is 0 Å². The molecule has 3 atom stereocenters. The van der Waals surface area contributed by atoms with Gasteiger partial charge in [-0.1, -0.05) is 36.4 Å². The molecule has 2 rings (SSSR count). The summed E-state index contributed by atoms with van der Waals surface area (Å²) in [5, 5.41) is 12.3. The summed E-state index contributed by atoms with van der Waals surface area (Å²) in [4.78, 5) is 11.6. The third-order valence-electron chi connectivity index (χ3n) is 3.81. The maximum absolute atomic E-state index is 11.6. The van der Waals surface area contributed by atoms with Gasteiger partial charge < -0.3 is 10.1 Å². The van der Waals surface area contributed by atoms with Crippen LogP contribution < -0.4 is 5.32 Å². The first kappa shape index (κ1) is 16.3. The second kappa shape index (κ2) is 7.77.